The standard InChI is InChI=1S/C6H11N3O/c1-5(2)3-6(4-10)8-9-7/h3,6,10H,4H2,1-2H3. The highest BCUT2D eigenvalue weighted by molar-refractivity contribution is 5.00. The molecule has 0 radical (unpaired) electrons. The number of nitrogens with zero attached hydrogens (tertiary/aromatic N) is 3. The topological polar surface area (TPSA) is 69.0 Å². The van der Waals surface area contributed by atoms with E-state index in [2.05, 4.69) is 10.0 Å². The van der Waals surface area contributed by atoms with Crippen LogP contribution in [-0.2, 0) is 0 Å². The first-order chi connectivity index (χ1) is 4.70. The highest BCUT2D eigenvalue weighted by atomic mass is 16.3. The van der Waals surface area contributed by atoms with Crippen molar-refractivity contribution in [1.82, 2.24) is 0 Å². The first kappa shape index (κ1) is 9.01. The summed E-state index contributed by atoms with van der Waals surface area (Å²) in [6.45, 7) is 3.64. The highest BCUT2D eigenvalue weighted by Gasteiger charge is 1.97. The maximum atomic E-state index is 8.60. The maximum absolute atomic E-state index is 8.60. The van der Waals surface area contributed by atoms with Crippen LogP contribution in [0.15, 0.2) is 16.8 Å². The van der Waals surface area contributed by atoms with Crippen LogP contribution in [0, 0.1) is 0 Å². The van der Waals surface area contributed by atoms with E-state index in [9.17, 15) is 0 Å². The quantitative estimate of drug-likeness (QED) is 0.276. The van der Waals surface area contributed by atoms with Gasteiger partial charge in [-0.15, -0.1) is 0 Å². The molecule has 0 aromatic rings. The fourth-order valence-electron chi connectivity index (χ4n) is 0.574. The third kappa shape index (κ3) is 3.95. The Labute approximate surface area is 59.8 Å². The van der Waals surface area contributed by atoms with E-state index in [0.717, 1.165) is 5.57 Å². The number of hydrogen-bond donors (Lipinski definition) is 1. The Bertz CT molecular complexity index is 166. The fourth-order valence-corrected chi connectivity index (χ4v) is 0.574. The van der Waals surface area contributed by atoms with Crippen molar-refractivity contribution < 1.29 is 5.11 Å². The van der Waals surface area contributed by atoms with Gasteiger partial charge < -0.3 is 5.11 Å². The Balaban J connectivity index is 4.08. The van der Waals surface area contributed by atoms with Gasteiger partial charge in [-0.1, -0.05) is 16.8 Å². The van der Waals surface area contributed by atoms with Crippen LogP contribution in [0.2, 0.25) is 0 Å². The normalized spacial score (nSPS) is 11.5. The monoisotopic (exact) mass is 141 g/mol. The van der Waals surface area contributed by atoms with E-state index in [1.165, 1.54) is 0 Å². The molecule has 10 heavy (non-hydrogen) atoms. The molecule has 1 atom stereocenters. The molecule has 0 aliphatic carbocycles. The van der Waals surface area contributed by atoms with Crippen molar-refractivity contribution in [3.63, 3.8) is 0 Å². The molecule has 0 heterocycles. The van der Waals surface area contributed by atoms with Crippen LogP contribution in [0.5, 0.6) is 0 Å². The Hall–Kier alpha value is -0.990. The second kappa shape index (κ2) is 4.85. The molecular formula is C6H11N3O. The molecule has 0 rings (SSSR count). The lowest BCUT2D eigenvalue weighted by Crippen LogP contribution is -2.04. The van der Waals surface area contributed by atoms with Crippen LogP contribution in [-0.4, -0.2) is 17.8 Å². The first-order valence-corrected chi connectivity index (χ1v) is 3.00. The molecule has 0 aliphatic rings. The molecule has 1 N–H and O–H groups in total. The number of hydrogen-bond acceptors (Lipinski definition) is 2. The zero-order valence-electron chi connectivity index (χ0n) is 6.15. The van der Waals surface area contributed by atoms with Crippen molar-refractivity contribution in [2.24, 2.45) is 5.11 Å². The number of azide groups is 1. The summed E-state index contributed by atoms with van der Waals surface area (Å²) in [5, 5.41) is 11.9. The minimum absolute atomic E-state index is 0.130. The smallest absolute Gasteiger partial charge is 0.0788 e. The van der Waals surface area contributed by atoms with E-state index in [4.69, 9.17) is 10.6 Å². The minimum atomic E-state index is -0.407. The van der Waals surface area contributed by atoms with Gasteiger partial charge in [-0.05, 0) is 19.4 Å². The van der Waals surface area contributed by atoms with E-state index in [1.54, 1.807) is 6.08 Å². The molecule has 0 amide bonds. The van der Waals surface area contributed by atoms with Crippen molar-refractivity contribution in [3.8, 4) is 0 Å². The lowest BCUT2D eigenvalue weighted by Gasteiger charge is -1.99. The summed E-state index contributed by atoms with van der Waals surface area (Å²) < 4.78 is 0. The van der Waals surface area contributed by atoms with Gasteiger partial charge in [0, 0.05) is 4.91 Å². The van der Waals surface area contributed by atoms with Gasteiger partial charge in [0.15, 0.2) is 0 Å². The Morgan fingerprint density at radius 1 is 1.80 bits per heavy atom. The minimum Gasteiger partial charge on any atom is -0.396 e. The molecule has 1 unspecified atom stereocenters. The average molecular weight is 141 g/mol. The van der Waals surface area contributed by atoms with Gasteiger partial charge in [0.25, 0.3) is 0 Å². The molecule has 0 aliphatic heterocycles. The van der Waals surface area contributed by atoms with Crippen LogP contribution >= 0.6 is 0 Å². The summed E-state index contributed by atoms with van der Waals surface area (Å²) in [7, 11) is 0. The van der Waals surface area contributed by atoms with Gasteiger partial charge >= 0.3 is 0 Å². The number of rotatable bonds is 3. The van der Waals surface area contributed by atoms with E-state index in [-0.39, 0.29) is 6.61 Å². The molecule has 0 fully saturated rings. The molecule has 0 bridgehead atoms. The van der Waals surface area contributed by atoms with Crippen molar-refractivity contribution in [2.45, 2.75) is 19.9 Å². The summed E-state index contributed by atoms with van der Waals surface area (Å²) in [6.07, 6.45) is 1.72. The Morgan fingerprint density at radius 2 is 2.40 bits per heavy atom. The van der Waals surface area contributed by atoms with Crippen LogP contribution < -0.4 is 0 Å². The molecule has 0 saturated carbocycles. The van der Waals surface area contributed by atoms with Crippen LogP contribution in [0.1, 0.15) is 13.8 Å². The Morgan fingerprint density at radius 3 is 2.70 bits per heavy atom. The molecule has 0 aromatic carbocycles. The molecule has 0 spiro atoms. The zero-order valence-corrected chi connectivity index (χ0v) is 6.15. The van der Waals surface area contributed by atoms with E-state index >= 15 is 0 Å². The van der Waals surface area contributed by atoms with Crippen molar-refractivity contribution in [2.75, 3.05) is 6.61 Å². The van der Waals surface area contributed by atoms with Gasteiger partial charge in [0.1, 0.15) is 0 Å². The van der Waals surface area contributed by atoms with E-state index in [0.29, 0.717) is 0 Å². The predicted molar refractivity (Wildman–Crippen MR) is 39.5 cm³/mol. The third-order valence-corrected chi connectivity index (χ3v) is 0.913. The van der Waals surface area contributed by atoms with Crippen molar-refractivity contribution >= 4 is 0 Å². The molecule has 56 valence electrons. The summed E-state index contributed by atoms with van der Waals surface area (Å²) >= 11 is 0. The van der Waals surface area contributed by atoms with Gasteiger partial charge in [0.05, 0.1) is 12.6 Å². The second-order valence-electron chi connectivity index (χ2n) is 2.20. The first-order valence-electron chi connectivity index (χ1n) is 3.00. The number of allylic oxidation sites excluding steroid dienone is 1. The van der Waals surface area contributed by atoms with E-state index in [1.807, 2.05) is 13.8 Å². The molecular weight excluding hydrogens is 130 g/mol. The number of aliphatic hydroxyl groups excluding tert-OH is 1. The predicted octanol–water partition coefficient (Wildman–Crippen LogP) is 1.62. The molecule has 4 nitrogen and oxygen atoms in total. The molecule has 0 saturated heterocycles. The van der Waals surface area contributed by atoms with Gasteiger partial charge in [-0.25, -0.2) is 0 Å². The van der Waals surface area contributed by atoms with Crippen LogP contribution in [0.4, 0.5) is 0 Å². The SMILES string of the molecule is CC(C)=CC(CO)N=[N+]=[N-]. The van der Waals surface area contributed by atoms with Gasteiger partial charge in [0.2, 0.25) is 0 Å². The largest absolute Gasteiger partial charge is 0.396 e. The lowest BCUT2D eigenvalue weighted by molar-refractivity contribution is 0.283. The van der Waals surface area contributed by atoms with E-state index < -0.39 is 6.04 Å². The molecule has 0 aromatic heterocycles. The summed E-state index contributed by atoms with van der Waals surface area (Å²) in [4.78, 5) is 2.58. The van der Waals surface area contributed by atoms with Crippen LogP contribution in [0.3, 0.4) is 0 Å². The summed E-state index contributed by atoms with van der Waals surface area (Å²) in [5.74, 6) is 0. The van der Waals surface area contributed by atoms with Crippen molar-refractivity contribution in [1.29, 1.82) is 0 Å². The van der Waals surface area contributed by atoms with Gasteiger partial charge in [-0.2, -0.15) is 0 Å². The van der Waals surface area contributed by atoms with Gasteiger partial charge in [-0.3, -0.25) is 0 Å². The summed E-state index contributed by atoms with van der Waals surface area (Å²) in [6, 6.07) is -0.407. The van der Waals surface area contributed by atoms with Crippen LogP contribution in [0.25, 0.3) is 10.4 Å². The average Bonchev–Trinajstić information content (AvgIpc) is 1.86. The second-order valence-corrected chi connectivity index (χ2v) is 2.20. The summed E-state index contributed by atoms with van der Waals surface area (Å²) in [5.41, 5.74) is 9.03. The molecule has 4 heteroatoms. The maximum Gasteiger partial charge on any atom is 0.0788 e. The third-order valence-electron chi connectivity index (χ3n) is 0.913. The van der Waals surface area contributed by atoms with Crippen molar-refractivity contribution in [3.05, 3.63) is 22.1 Å². The lowest BCUT2D eigenvalue weighted by atomic mass is 10.2. The fraction of sp³-hybridized carbons (Fsp3) is 0.667. The number of aliphatic hydroxyl groups is 1. The highest BCUT2D eigenvalue weighted by Crippen LogP contribution is 1.97. The Kier molecular flexibility index (Phi) is 4.37. The zero-order chi connectivity index (χ0) is 7.98.